The van der Waals surface area contributed by atoms with E-state index in [1.54, 1.807) is 6.07 Å². The summed E-state index contributed by atoms with van der Waals surface area (Å²) in [5.41, 5.74) is 1.57. The molecule has 0 unspecified atom stereocenters. The van der Waals surface area contributed by atoms with Crippen LogP contribution >= 0.6 is 0 Å². The van der Waals surface area contributed by atoms with Crippen molar-refractivity contribution in [2.24, 2.45) is 0 Å². The Labute approximate surface area is 149 Å². The summed E-state index contributed by atoms with van der Waals surface area (Å²) in [6, 6.07) is 10.6. The van der Waals surface area contributed by atoms with Gasteiger partial charge in [0, 0.05) is 11.6 Å². The van der Waals surface area contributed by atoms with Crippen molar-refractivity contribution < 1.29 is 18.6 Å². The van der Waals surface area contributed by atoms with Crippen LogP contribution < -0.4 is 19.6 Å². The summed E-state index contributed by atoms with van der Waals surface area (Å²) in [7, 11) is 0. The Hall–Kier alpha value is -3.21. The molecular weight excluding hydrogens is 332 g/mol. The van der Waals surface area contributed by atoms with Gasteiger partial charge in [-0.3, -0.25) is 4.79 Å². The largest absolute Gasteiger partial charge is 0.483 e. The van der Waals surface area contributed by atoms with E-state index in [1.807, 2.05) is 50.3 Å². The lowest BCUT2D eigenvalue weighted by Crippen LogP contribution is -2.27. The molecule has 0 atom stereocenters. The minimum Gasteiger partial charge on any atom is -0.483 e. The zero-order valence-electron chi connectivity index (χ0n) is 14.4. The van der Waals surface area contributed by atoms with Crippen LogP contribution in [0.2, 0.25) is 0 Å². The van der Waals surface area contributed by atoms with Gasteiger partial charge in [0.25, 0.3) is 0 Å². The molecule has 26 heavy (non-hydrogen) atoms. The zero-order valence-corrected chi connectivity index (χ0v) is 14.4. The van der Waals surface area contributed by atoms with Crippen molar-refractivity contribution in [3.05, 3.63) is 58.3 Å². The molecule has 5 rings (SSSR count). The fourth-order valence-electron chi connectivity index (χ4n) is 3.26. The molecule has 5 heteroatoms. The van der Waals surface area contributed by atoms with Crippen LogP contribution in [0, 0.1) is 0 Å². The lowest BCUT2D eigenvalue weighted by Gasteiger charge is -2.28. The van der Waals surface area contributed by atoms with E-state index in [0.29, 0.717) is 34.0 Å². The average molecular weight is 348 g/mol. The molecule has 2 aromatic carbocycles. The highest BCUT2D eigenvalue weighted by atomic mass is 16.7. The molecule has 5 nitrogen and oxygen atoms in total. The van der Waals surface area contributed by atoms with Crippen molar-refractivity contribution in [2.75, 3.05) is 6.79 Å². The van der Waals surface area contributed by atoms with Gasteiger partial charge in [0.05, 0.1) is 10.9 Å². The minimum atomic E-state index is -0.393. The molecule has 2 aliphatic rings. The van der Waals surface area contributed by atoms with Gasteiger partial charge in [0.2, 0.25) is 6.79 Å². The Morgan fingerprint density at radius 3 is 2.65 bits per heavy atom. The molecule has 0 saturated carbocycles. The molecule has 3 heterocycles. The summed E-state index contributed by atoms with van der Waals surface area (Å²) in [6.07, 6.45) is 3.91. The first-order valence-corrected chi connectivity index (χ1v) is 8.39. The molecule has 0 saturated heterocycles. The summed E-state index contributed by atoms with van der Waals surface area (Å²) in [5.74, 6) is 2.52. The third kappa shape index (κ3) is 2.28. The van der Waals surface area contributed by atoms with E-state index in [1.165, 1.54) is 6.07 Å². The molecule has 2 aliphatic heterocycles. The Morgan fingerprint density at radius 1 is 0.962 bits per heavy atom. The number of rotatable bonds is 1. The van der Waals surface area contributed by atoms with E-state index in [2.05, 4.69) is 0 Å². The third-order valence-corrected chi connectivity index (χ3v) is 4.58. The van der Waals surface area contributed by atoms with Crippen LogP contribution in [-0.2, 0) is 0 Å². The van der Waals surface area contributed by atoms with Gasteiger partial charge in [0.1, 0.15) is 22.7 Å². The van der Waals surface area contributed by atoms with E-state index >= 15 is 0 Å². The van der Waals surface area contributed by atoms with Crippen molar-refractivity contribution >= 4 is 17.0 Å². The molecule has 0 aliphatic carbocycles. The molecule has 0 radical (unpaired) electrons. The predicted octanol–water partition coefficient (Wildman–Crippen LogP) is 4.37. The lowest BCUT2D eigenvalue weighted by molar-refractivity contribution is 0.159. The molecule has 3 aromatic rings. The van der Waals surface area contributed by atoms with Gasteiger partial charge in [-0.05, 0) is 56.3 Å². The maximum absolute atomic E-state index is 12.6. The van der Waals surface area contributed by atoms with E-state index < -0.39 is 5.60 Å². The Bertz CT molecular complexity index is 1140. The van der Waals surface area contributed by atoms with E-state index in [-0.39, 0.29) is 12.2 Å². The number of hydrogen-bond donors (Lipinski definition) is 0. The Morgan fingerprint density at radius 2 is 1.77 bits per heavy atom. The van der Waals surface area contributed by atoms with Gasteiger partial charge in [-0.2, -0.15) is 0 Å². The Balaban J connectivity index is 1.72. The van der Waals surface area contributed by atoms with E-state index in [9.17, 15) is 4.79 Å². The van der Waals surface area contributed by atoms with Crippen molar-refractivity contribution in [3.8, 4) is 28.6 Å². The molecule has 1 aromatic heterocycles. The molecule has 0 amide bonds. The smallest absolute Gasteiger partial charge is 0.231 e. The second-order valence-electron chi connectivity index (χ2n) is 6.94. The van der Waals surface area contributed by atoms with Crippen molar-refractivity contribution in [2.45, 2.75) is 19.4 Å². The number of benzene rings is 2. The van der Waals surface area contributed by atoms with Gasteiger partial charge < -0.3 is 18.6 Å². The summed E-state index contributed by atoms with van der Waals surface area (Å²) < 4.78 is 22.9. The Kier molecular flexibility index (Phi) is 2.98. The quantitative estimate of drug-likeness (QED) is 0.653. The molecular formula is C21H16O5. The highest BCUT2D eigenvalue weighted by molar-refractivity contribution is 5.90. The van der Waals surface area contributed by atoms with Crippen LogP contribution in [0.15, 0.2) is 51.7 Å². The van der Waals surface area contributed by atoms with Crippen LogP contribution in [-0.4, -0.2) is 12.4 Å². The SMILES string of the molecule is CC1(C)C=Cc2c(ccc3c(=O)cc(-c4ccc5c(c4)OCO5)oc23)O1. The molecule has 0 N–H and O–H groups in total. The summed E-state index contributed by atoms with van der Waals surface area (Å²) >= 11 is 0. The maximum atomic E-state index is 12.6. The summed E-state index contributed by atoms with van der Waals surface area (Å²) in [5, 5.41) is 0.529. The standard InChI is InChI=1S/C21H16O5/c1-21(2)8-7-14-16(26-21)6-4-13-15(22)10-18(25-20(13)14)12-3-5-17-19(9-12)24-11-23-17/h3-10H,11H2,1-2H3. The lowest BCUT2D eigenvalue weighted by atomic mass is 10.0. The molecule has 0 bridgehead atoms. The highest BCUT2D eigenvalue weighted by Crippen LogP contribution is 2.39. The van der Waals surface area contributed by atoms with Gasteiger partial charge in [-0.15, -0.1) is 0 Å². The monoisotopic (exact) mass is 348 g/mol. The number of ether oxygens (including phenoxy) is 3. The van der Waals surface area contributed by atoms with Crippen molar-refractivity contribution in [1.82, 2.24) is 0 Å². The molecule has 0 spiro atoms. The first-order valence-electron chi connectivity index (χ1n) is 8.39. The van der Waals surface area contributed by atoms with Crippen LogP contribution in [0.25, 0.3) is 28.4 Å². The average Bonchev–Trinajstić information content (AvgIpc) is 3.08. The molecule has 130 valence electrons. The minimum absolute atomic E-state index is 0.0973. The summed E-state index contributed by atoms with van der Waals surface area (Å²) in [6.45, 7) is 4.16. The van der Waals surface area contributed by atoms with Crippen LogP contribution in [0.4, 0.5) is 0 Å². The predicted molar refractivity (Wildman–Crippen MR) is 97.8 cm³/mol. The normalized spacial score (nSPS) is 16.4. The number of hydrogen-bond acceptors (Lipinski definition) is 5. The van der Waals surface area contributed by atoms with E-state index in [4.69, 9.17) is 18.6 Å². The van der Waals surface area contributed by atoms with Crippen LogP contribution in [0.5, 0.6) is 17.2 Å². The molecule has 0 fully saturated rings. The van der Waals surface area contributed by atoms with Crippen LogP contribution in [0.3, 0.4) is 0 Å². The van der Waals surface area contributed by atoms with Gasteiger partial charge >= 0.3 is 0 Å². The van der Waals surface area contributed by atoms with Crippen molar-refractivity contribution in [1.29, 1.82) is 0 Å². The van der Waals surface area contributed by atoms with Crippen molar-refractivity contribution in [3.63, 3.8) is 0 Å². The van der Waals surface area contributed by atoms with Gasteiger partial charge in [-0.25, -0.2) is 0 Å². The zero-order chi connectivity index (χ0) is 17.9. The van der Waals surface area contributed by atoms with Crippen LogP contribution in [0.1, 0.15) is 19.4 Å². The highest BCUT2D eigenvalue weighted by Gasteiger charge is 2.24. The fraction of sp³-hybridized carbons (Fsp3) is 0.190. The van der Waals surface area contributed by atoms with Gasteiger partial charge in [0.15, 0.2) is 16.9 Å². The van der Waals surface area contributed by atoms with E-state index in [0.717, 1.165) is 11.1 Å². The third-order valence-electron chi connectivity index (χ3n) is 4.58. The fourth-order valence-corrected chi connectivity index (χ4v) is 3.26. The maximum Gasteiger partial charge on any atom is 0.231 e. The number of fused-ring (bicyclic) bond motifs is 4. The first kappa shape index (κ1) is 15.1. The first-order chi connectivity index (χ1) is 12.5. The van der Waals surface area contributed by atoms with Gasteiger partial charge in [-0.1, -0.05) is 0 Å². The second-order valence-corrected chi connectivity index (χ2v) is 6.94. The topological polar surface area (TPSA) is 57.9 Å². The second kappa shape index (κ2) is 5.14. The summed E-state index contributed by atoms with van der Waals surface area (Å²) in [4.78, 5) is 12.6.